The van der Waals surface area contributed by atoms with Crippen LogP contribution in [0.4, 0.5) is 4.39 Å². The number of piperazine rings is 1. The molecule has 1 saturated heterocycles. The minimum Gasteiger partial charge on any atom is -0.304 e. The van der Waals surface area contributed by atoms with Crippen molar-refractivity contribution < 1.29 is 4.39 Å². The average molecular weight is 304 g/mol. The van der Waals surface area contributed by atoms with Gasteiger partial charge in [0.1, 0.15) is 11.9 Å². The Labute approximate surface area is 124 Å². The molecule has 1 aromatic rings. The van der Waals surface area contributed by atoms with Crippen LogP contribution in [0.1, 0.15) is 11.6 Å². The molecule has 1 atom stereocenters. The Morgan fingerprint density at radius 3 is 2.47 bits per heavy atom. The van der Waals surface area contributed by atoms with Crippen LogP contribution >= 0.6 is 24.0 Å². The summed E-state index contributed by atoms with van der Waals surface area (Å²) in [6.07, 6.45) is 0. The van der Waals surface area contributed by atoms with Crippen LogP contribution < -0.4 is 0 Å². The summed E-state index contributed by atoms with van der Waals surface area (Å²) in [5, 5.41) is 9.39. The van der Waals surface area contributed by atoms with E-state index < -0.39 is 11.9 Å². The van der Waals surface area contributed by atoms with Gasteiger partial charge in [0, 0.05) is 26.2 Å². The van der Waals surface area contributed by atoms with Crippen molar-refractivity contribution in [2.75, 3.05) is 33.2 Å². The van der Waals surface area contributed by atoms with Crippen molar-refractivity contribution in [2.24, 2.45) is 0 Å². The van der Waals surface area contributed by atoms with Gasteiger partial charge in [-0.05, 0) is 24.7 Å². The van der Waals surface area contributed by atoms with Gasteiger partial charge in [0.15, 0.2) is 0 Å². The molecule has 0 bridgehead atoms. The van der Waals surface area contributed by atoms with Gasteiger partial charge in [0.25, 0.3) is 0 Å². The maximum Gasteiger partial charge on any atom is 0.142 e. The predicted octanol–water partition coefficient (Wildman–Crippen LogP) is 2.71. The lowest BCUT2D eigenvalue weighted by atomic mass is 10.1. The van der Waals surface area contributed by atoms with E-state index in [0.29, 0.717) is 5.56 Å². The van der Waals surface area contributed by atoms with Crippen LogP contribution in [0.2, 0.25) is 5.02 Å². The molecule has 0 N–H and O–H groups in total. The van der Waals surface area contributed by atoms with Gasteiger partial charge in [-0.2, -0.15) is 5.26 Å². The molecular weight excluding hydrogens is 288 g/mol. The molecule has 1 fully saturated rings. The van der Waals surface area contributed by atoms with Crippen molar-refractivity contribution in [3.63, 3.8) is 0 Å². The van der Waals surface area contributed by atoms with Crippen LogP contribution in [0, 0.1) is 17.1 Å². The maximum absolute atomic E-state index is 13.4. The number of nitrogens with zero attached hydrogens (tertiary/aromatic N) is 3. The Kier molecular flexibility index (Phi) is 6.02. The summed E-state index contributed by atoms with van der Waals surface area (Å²) < 4.78 is 13.4. The standard InChI is InChI=1S/C13H15ClFN3.ClH/c1-17-4-6-18(7-5-17)13(9-16)10-2-3-11(14)12(15)8-10;/h2-3,8,13H,4-7H2,1H3;1H. The molecule has 0 spiro atoms. The van der Waals surface area contributed by atoms with Gasteiger partial charge in [-0.25, -0.2) is 4.39 Å². The Bertz CT molecular complexity index is 467. The number of halogens is 3. The molecule has 3 nitrogen and oxygen atoms in total. The summed E-state index contributed by atoms with van der Waals surface area (Å²) in [6.45, 7) is 3.49. The first-order valence-corrected chi connectivity index (χ1v) is 6.27. The van der Waals surface area contributed by atoms with Crippen molar-refractivity contribution in [1.82, 2.24) is 9.80 Å². The number of nitriles is 1. The maximum atomic E-state index is 13.4. The predicted molar refractivity (Wildman–Crippen MR) is 76.1 cm³/mol. The number of hydrogen-bond donors (Lipinski definition) is 0. The highest BCUT2D eigenvalue weighted by molar-refractivity contribution is 6.30. The van der Waals surface area contributed by atoms with E-state index >= 15 is 0 Å². The Morgan fingerprint density at radius 2 is 1.95 bits per heavy atom. The van der Waals surface area contributed by atoms with Crippen molar-refractivity contribution in [1.29, 1.82) is 5.26 Å². The van der Waals surface area contributed by atoms with Crippen molar-refractivity contribution >= 4 is 24.0 Å². The van der Waals surface area contributed by atoms with E-state index in [0.717, 1.165) is 26.2 Å². The van der Waals surface area contributed by atoms with E-state index in [2.05, 4.69) is 22.9 Å². The van der Waals surface area contributed by atoms with Gasteiger partial charge in [-0.1, -0.05) is 17.7 Å². The minimum absolute atomic E-state index is 0. The highest BCUT2D eigenvalue weighted by atomic mass is 35.5. The van der Waals surface area contributed by atoms with Gasteiger partial charge in [-0.15, -0.1) is 12.4 Å². The molecule has 1 aliphatic heterocycles. The fourth-order valence-corrected chi connectivity index (χ4v) is 2.25. The molecule has 1 heterocycles. The summed E-state index contributed by atoms with van der Waals surface area (Å²) in [5.41, 5.74) is 0.670. The van der Waals surface area contributed by atoms with Crippen molar-refractivity contribution in [3.05, 3.63) is 34.6 Å². The topological polar surface area (TPSA) is 30.3 Å². The molecule has 2 rings (SSSR count). The van der Waals surface area contributed by atoms with E-state index in [1.54, 1.807) is 6.07 Å². The Balaban J connectivity index is 0.00000180. The molecule has 0 amide bonds. The number of rotatable bonds is 2. The SMILES string of the molecule is CN1CCN(C(C#N)c2ccc(Cl)c(F)c2)CC1.Cl. The molecule has 6 heteroatoms. The second-order valence-corrected chi connectivity index (χ2v) is 4.95. The van der Waals surface area contributed by atoms with Crippen LogP contribution in [0.3, 0.4) is 0 Å². The summed E-state index contributed by atoms with van der Waals surface area (Å²) in [5.74, 6) is -0.469. The van der Waals surface area contributed by atoms with Gasteiger partial charge in [0.2, 0.25) is 0 Å². The van der Waals surface area contributed by atoms with Crippen LogP contribution in [-0.4, -0.2) is 43.0 Å². The first-order chi connectivity index (χ1) is 8.61. The Morgan fingerprint density at radius 1 is 1.32 bits per heavy atom. The third-order valence-electron chi connectivity index (χ3n) is 3.28. The van der Waals surface area contributed by atoms with Crippen LogP contribution in [0.5, 0.6) is 0 Å². The lowest BCUT2D eigenvalue weighted by Crippen LogP contribution is -2.45. The van der Waals surface area contributed by atoms with Gasteiger partial charge in [0.05, 0.1) is 11.1 Å². The molecular formula is C13H16Cl2FN3. The van der Waals surface area contributed by atoms with E-state index in [1.807, 2.05) is 0 Å². The molecule has 1 aromatic carbocycles. The molecule has 1 aliphatic rings. The van der Waals surface area contributed by atoms with Crippen molar-refractivity contribution in [3.8, 4) is 6.07 Å². The number of hydrogen-bond acceptors (Lipinski definition) is 3. The largest absolute Gasteiger partial charge is 0.304 e. The second kappa shape index (κ2) is 7.06. The van der Waals surface area contributed by atoms with Crippen LogP contribution in [-0.2, 0) is 0 Å². The molecule has 0 aliphatic carbocycles. The smallest absolute Gasteiger partial charge is 0.142 e. The fraction of sp³-hybridized carbons (Fsp3) is 0.462. The average Bonchev–Trinajstić information content (AvgIpc) is 2.37. The van der Waals surface area contributed by atoms with Crippen LogP contribution in [0.15, 0.2) is 18.2 Å². The van der Waals surface area contributed by atoms with Gasteiger partial charge < -0.3 is 4.90 Å². The quantitative estimate of drug-likeness (QED) is 0.841. The summed E-state index contributed by atoms with van der Waals surface area (Å²) >= 11 is 5.66. The highest BCUT2D eigenvalue weighted by Gasteiger charge is 2.24. The fourth-order valence-electron chi connectivity index (χ4n) is 2.13. The van der Waals surface area contributed by atoms with Crippen molar-refractivity contribution in [2.45, 2.75) is 6.04 Å². The zero-order chi connectivity index (χ0) is 13.1. The van der Waals surface area contributed by atoms with Gasteiger partial charge >= 0.3 is 0 Å². The number of benzene rings is 1. The van der Waals surface area contributed by atoms with Crippen LogP contribution in [0.25, 0.3) is 0 Å². The second-order valence-electron chi connectivity index (χ2n) is 4.54. The van der Waals surface area contributed by atoms with E-state index in [-0.39, 0.29) is 17.4 Å². The molecule has 1 unspecified atom stereocenters. The Hall–Kier alpha value is -0.860. The minimum atomic E-state index is -0.469. The lowest BCUT2D eigenvalue weighted by Gasteiger charge is -2.35. The van der Waals surface area contributed by atoms with E-state index in [9.17, 15) is 9.65 Å². The number of likely N-dealkylation sites (N-methyl/N-ethyl adjacent to an activating group) is 1. The monoisotopic (exact) mass is 303 g/mol. The lowest BCUT2D eigenvalue weighted by molar-refractivity contribution is 0.132. The first kappa shape index (κ1) is 16.2. The molecule has 0 saturated carbocycles. The molecule has 104 valence electrons. The van der Waals surface area contributed by atoms with E-state index in [1.165, 1.54) is 12.1 Å². The molecule has 0 radical (unpaired) electrons. The third kappa shape index (κ3) is 3.80. The highest BCUT2D eigenvalue weighted by Crippen LogP contribution is 2.24. The third-order valence-corrected chi connectivity index (χ3v) is 3.59. The van der Waals surface area contributed by atoms with E-state index in [4.69, 9.17) is 11.6 Å². The summed E-state index contributed by atoms with van der Waals surface area (Å²) in [7, 11) is 2.06. The normalized spacial score (nSPS) is 18.4. The summed E-state index contributed by atoms with van der Waals surface area (Å²) in [6, 6.07) is 6.43. The zero-order valence-corrected chi connectivity index (χ0v) is 12.2. The van der Waals surface area contributed by atoms with Gasteiger partial charge in [-0.3, -0.25) is 4.90 Å². The first-order valence-electron chi connectivity index (χ1n) is 5.89. The molecule has 0 aromatic heterocycles. The summed E-state index contributed by atoms with van der Waals surface area (Å²) in [4.78, 5) is 4.29. The molecule has 19 heavy (non-hydrogen) atoms. The zero-order valence-electron chi connectivity index (χ0n) is 10.6.